The molecule has 1 heteroatoms. The first kappa shape index (κ1) is 11.3. The Morgan fingerprint density at radius 1 is 1.36 bits per heavy atom. The molecule has 0 saturated carbocycles. The molecule has 78 valence electrons. The maximum Gasteiger partial charge on any atom is 0.00187 e. The van der Waals surface area contributed by atoms with Crippen molar-refractivity contribution in [2.45, 2.75) is 45.6 Å². The smallest absolute Gasteiger partial charge is 0.00187 e. The first-order valence-corrected chi connectivity index (χ1v) is 5.24. The van der Waals surface area contributed by atoms with Crippen LogP contribution >= 0.6 is 0 Å². The van der Waals surface area contributed by atoms with Crippen LogP contribution in [0.5, 0.6) is 0 Å². The third-order valence-electron chi connectivity index (χ3n) is 2.63. The third-order valence-corrected chi connectivity index (χ3v) is 2.63. The second-order valence-corrected chi connectivity index (χ2v) is 4.93. The van der Waals surface area contributed by atoms with Gasteiger partial charge in [0.1, 0.15) is 0 Å². The van der Waals surface area contributed by atoms with Crippen molar-refractivity contribution >= 4 is 0 Å². The van der Waals surface area contributed by atoms with E-state index in [0.717, 1.165) is 6.42 Å². The Kier molecular flexibility index (Phi) is 3.33. The van der Waals surface area contributed by atoms with Crippen molar-refractivity contribution in [3.63, 3.8) is 0 Å². The predicted octanol–water partition coefficient (Wildman–Crippen LogP) is 3.01. The predicted molar refractivity (Wildman–Crippen MR) is 62.5 cm³/mol. The van der Waals surface area contributed by atoms with E-state index in [1.165, 1.54) is 11.1 Å². The molecule has 1 unspecified atom stereocenters. The van der Waals surface area contributed by atoms with Crippen LogP contribution in [0.3, 0.4) is 0 Å². The van der Waals surface area contributed by atoms with Gasteiger partial charge in [-0.15, -0.1) is 0 Å². The summed E-state index contributed by atoms with van der Waals surface area (Å²) in [5.41, 5.74) is 8.74. The molecular weight excluding hydrogens is 170 g/mol. The molecule has 0 radical (unpaired) electrons. The summed E-state index contributed by atoms with van der Waals surface area (Å²) in [5, 5.41) is 0. The van der Waals surface area contributed by atoms with Crippen molar-refractivity contribution in [1.82, 2.24) is 0 Å². The number of hydrogen-bond donors (Lipinski definition) is 1. The highest BCUT2D eigenvalue weighted by Gasteiger charge is 2.21. The van der Waals surface area contributed by atoms with E-state index < -0.39 is 0 Å². The molecule has 14 heavy (non-hydrogen) atoms. The number of rotatable bonds is 3. The average molecular weight is 191 g/mol. The van der Waals surface area contributed by atoms with Gasteiger partial charge in [-0.05, 0) is 31.2 Å². The molecule has 0 spiro atoms. The van der Waals surface area contributed by atoms with Crippen LogP contribution in [-0.4, -0.2) is 6.04 Å². The van der Waals surface area contributed by atoms with Crippen molar-refractivity contribution in [3.05, 3.63) is 35.4 Å². The summed E-state index contributed by atoms with van der Waals surface area (Å²) in [6.07, 6.45) is 1.02. The van der Waals surface area contributed by atoms with Crippen LogP contribution < -0.4 is 5.73 Å². The van der Waals surface area contributed by atoms with Crippen molar-refractivity contribution in [2.75, 3.05) is 0 Å². The Morgan fingerprint density at radius 3 is 2.50 bits per heavy atom. The maximum atomic E-state index is 5.85. The fourth-order valence-electron chi connectivity index (χ4n) is 1.99. The Hall–Kier alpha value is -0.820. The summed E-state index contributed by atoms with van der Waals surface area (Å²) >= 11 is 0. The van der Waals surface area contributed by atoms with Crippen LogP contribution in [0.25, 0.3) is 0 Å². The van der Waals surface area contributed by atoms with Crippen molar-refractivity contribution in [1.29, 1.82) is 0 Å². The van der Waals surface area contributed by atoms with Gasteiger partial charge in [0.05, 0.1) is 0 Å². The summed E-state index contributed by atoms with van der Waals surface area (Å²) in [5.74, 6) is 0. The first-order valence-electron chi connectivity index (χ1n) is 5.24. The number of nitrogens with two attached hydrogens (primary N) is 1. The highest BCUT2D eigenvalue weighted by atomic mass is 14.6. The Labute approximate surface area is 87.3 Å². The topological polar surface area (TPSA) is 26.0 Å². The highest BCUT2D eigenvalue weighted by molar-refractivity contribution is 5.28. The molecular formula is C13H21N. The zero-order valence-corrected chi connectivity index (χ0v) is 9.67. The van der Waals surface area contributed by atoms with E-state index in [1.54, 1.807) is 0 Å². The lowest BCUT2D eigenvalue weighted by Crippen LogP contribution is -2.28. The highest BCUT2D eigenvalue weighted by Crippen LogP contribution is 2.28. The fourth-order valence-corrected chi connectivity index (χ4v) is 1.99. The molecule has 0 aliphatic carbocycles. The molecule has 0 saturated heterocycles. The molecule has 1 nitrogen and oxygen atoms in total. The molecule has 1 aromatic carbocycles. The van der Waals surface area contributed by atoms with Gasteiger partial charge < -0.3 is 5.73 Å². The Bertz CT molecular complexity index is 300. The minimum atomic E-state index is 0.181. The summed E-state index contributed by atoms with van der Waals surface area (Å²) in [6, 6.07) is 8.95. The summed E-state index contributed by atoms with van der Waals surface area (Å²) < 4.78 is 0. The largest absolute Gasteiger partial charge is 0.328 e. The average Bonchev–Trinajstić information content (AvgIpc) is 2.01. The van der Waals surface area contributed by atoms with Crippen LogP contribution in [0, 0.1) is 6.92 Å². The lowest BCUT2D eigenvalue weighted by Gasteiger charge is -2.27. The van der Waals surface area contributed by atoms with Gasteiger partial charge in [0.15, 0.2) is 0 Å². The van der Waals surface area contributed by atoms with Crippen LogP contribution in [-0.2, 0) is 5.41 Å². The van der Waals surface area contributed by atoms with E-state index in [0.29, 0.717) is 0 Å². The molecule has 2 N–H and O–H groups in total. The van der Waals surface area contributed by atoms with E-state index in [1.807, 2.05) is 0 Å². The number of hydrogen-bond acceptors (Lipinski definition) is 1. The van der Waals surface area contributed by atoms with E-state index >= 15 is 0 Å². The molecule has 0 amide bonds. The second-order valence-electron chi connectivity index (χ2n) is 4.93. The normalized spacial score (nSPS) is 14.1. The van der Waals surface area contributed by atoms with Gasteiger partial charge in [-0.25, -0.2) is 0 Å². The second kappa shape index (κ2) is 4.14. The Balaban J connectivity index is 2.91. The van der Waals surface area contributed by atoms with Gasteiger partial charge >= 0.3 is 0 Å². The monoisotopic (exact) mass is 191 g/mol. The quantitative estimate of drug-likeness (QED) is 0.781. The van der Waals surface area contributed by atoms with Crippen LogP contribution in [0.4, 0.5) is 0 Å². The Morgan fingerprint density at radius 2 is 2.00 bits per heavy atom. The fraction of sp³-hybridized carbons (Fsp3) is 0.538. The van der Waals surface area contributed by atoms with E-state index in [4.69, 9.17) is 5.73 Å². The molecule has 1 rings (SSSR count). The molecule has 1 aromatic rings. The first-order chi connectivity index (χ1) is 6.42. The van der Waals surface area contributed by atoms with Crippen LogP contribution in [0.15, 0.2) is 24.3 Å². The van der Waals surface area contributed by atoms with Crippen LogP contribution in [0.1, 0.15) is 38.3 Å². The van der Waals surface area contributed by atoms with Gasteiger partial charge in [0.2, 0.25) is 0 Å². The standard InChI is InChI=1S/C13H21N/c1-10-6-5-7-12(8-10)13(3,4)9-11(2)14/h5-8,11H,9,14H2,1-4H3. The summed E-state index contributed by atoms with van der Waals surface area (Å²) in [7, 11) is 0. The molecule has 0 aliphatic rings. The zero-order chi connectivity index (χ0) is 10.8. The van der Waals surface area contributed by atoms with Gasteiger partial charge in [0.25, 0.3) is 0 Å². The van der Waals surface area contributed by atoms with Crippen LogP contribution in [0.2, 0.25) is 0 Å². The zero-order valence-electron chi connectivity index (χ0n) is 9.67. The molecule has 0 heterocycles. The van der Waals surface area contributed by atoms with E-state index in [9.17, 15) is 0 Å². The lowest BCUT2D eigenvalue weighted by atomic mass is 9.79. The van der Waals surface area contributed by atoms with Gasteiger partial charge in [-0.1, -0.05) is 43.7 Å². The van der Waals surface area contributed by atoms with Crippen molar-refractivity contribution in [2.24, 2.45) is 5.73 Å². The van der Waals surface area contributed by atoms with Crippen molar-refractivity contribution in [3.8, 4) is 0 Å². The summed E-state index contributed by atoms with van der Waals surface area (Å²) in [6.45, 7) is 8.71. The number of aryl methyl sites for hydroxylation is 1. The van der Waals surface area contributed by atoms with Gasteiger partial charge in [-0.2, -0.15) is 0 Å². The van der Waals surface area contributed by atoms with Gasteiger partial charge in [0, 0.05) is 6.04 Å². The van der Waals surface area contributed by atoms with E-state index in [2.05, 4.69) is 52.0 Å². The number of benzene rings is 1. The third kappa shape index (κ3) is 2.85. The summed E-state index contributed by atoms with van der Waals surface area (Å²) in [4.78, 5) is 0. The minimum Gasteiger partial charge on any atom is -0.328 e. The van der Waals surface area contributed by atoms with E-state index in [-0.39, 0.29) is 11.5 Å². The molecule has 0 aromatic heterocycles. The minimum absolute atomic E-state index is 0.181. The lowest BCUT2D eigenvalue weighted by molar-refractivity contribution is 0.437. The SMILES string of the molecule is Cc1cccc(C(C)(C)CC(C)N)c1. The molecule has 1 atom stereocenters. The molecule has 0 aliphatic heterocycles. The maximum absolute atomic E-state index is 5.85. The molecule has 0 bridgehead atoms. The molecule has 0 fully saturated rings. The van der Waals surface area contributed by atoms with Crippen molar-refractivity contribution < 1.29 is 0 Å². The van der Waals surface area contributed by atoms with Gasteiger partial charge in [-0.3, -0.25) is 0 Å².